The molecule has 4 heteroatoms. The Labute approximate surface area is 104 Å². The van der Waals surface area contributed by atoms with Gasteiger partial charge in [0.05, 0.1) is 11.9 Å². The molecular formula is C13H25N3O. The maximum atomic E-state index is 9.41. The van der Waals surface area contributed by atoms with Crippen molar-refractivity contribution in [3.8, 4) is 0 Å². The molecule has 1 aliphatic heterocycles. The molecule has 1 rings (SSSR count). The van der Waals surface area contributed by atoms with Crippen molar-refractivity contribution >= 4 is 0 Å². The second-order valence-electron chi connectivity index (χ2n) is 5.68. The third-order valence-electron chi connectivity index (χ3n) is 3.13. The number of hydrogen-bond donors (Lipinski definition) is 3. The van der Waals surface area contributed by atoms with E-state index in [0.29, 0.717) is 0 Å². The summed E-state index contributed by atoms with van der Waals surface area (Å²) in [4.78, 5) is 2.08. The highest BCUT2D eigenvalue weighted by Crippen LogP contribution is 2.20. The molecule has 17 heavy (non-hydrogen) atoms. The van der Waals surface area contributed by atoms with E-state index in [1.54, 1.807) is 0 Å². The topological polar surface area (TPSA) is 75.5 Å². The number of aliphatic hydroxyl groups excluding tert-OH is 1. The van der Waals surface area contributed by atoms with Crippen molar-refractivity contribution in [2.45, 2.75) is 39.7 Å². The lowest BCUT2D eigenvalue weighted by Crippen LogP contribution is -2.37. The summed E-state index contributed by atoms with van der Waals surface area (Å²) < 4.78 is 0. The van der Waals surface area contributed by atoms with Gasteiger partial charge in [-0.15, -0.1) is 0 Å². The molecule has 0 aromatic heterocycles. The summed E-state index contributed by atoms with van der Waals surface area (Å²) in [6.07, 6.45) is 5.13. The fourth-order valence-electron chi connectivity index (χ4n) is 1.65. The lowest BCUT2D eigenvalue weighted by molar-refractivity contribution is 0.0965. The Morgan fingerprint density at radius 1 is 1.18 bits per heavy atom. The van der Waals surface area contributed by atoms with Crippen LogP contribution in [0.2, 0.25) is 0 Å². The average molecular weight is 239 g/mol. The van der Waals surface area contributed by atoms with Crippen molar-refractivity contribution in [2.24, 2.45) is 16.9 Å². The van der Waals surface area contributed by atoms with Crippen molar-refractivity contribution in [3.63, 3.8) is 0 Å². The lowest BCUT2D eigenvalue weighted by atomic mass is 9.92. The molecule has 0 aliphatic carbocycles. The molecule has 1 fully saturated rings. The minimum atomic E-state index is -0.172. The van der Waals surface area contributed by atoms with Gasteiger partial charge in [0.25, 0.3) is 0 Å². The zero-order chi connectivity index (χ0) is 13.1. The standard InChI is InChI=1S/C13H25N3O/c1-13(2,3)11(14)4-5-12(15)16-8-6-10(17)7-9-16/h4-5,10,17H,6-9,14-15H2,1-3H3/b11-4-,12-5+. The van der Waals surface area contributed by atoms with Crippen LogP contribution in [0.4, 0.5) is 0 Å². The van der Waals surface area contributed by atoms with Crippen LogP contribution in [0, 0.1) is 5.41 Å². The molecule has 98 valence electrons. The zero-order valence-corrected chi connectivity index (χ0v) is 11.1. The molecule has 0 amide bonds. The van der Waals surface area contributed by atoms with E-state index < -0.39 is 0 Å². The fraction of sp³-hybridized carbons (Fsp3) is 0.692. The summed E-state index contributed by atoms with van der Waals surface area (Å²) >= 11 is 0. The first kappa shape index (κ1) is 13.9. The van der Waals surface area contributed by atoms with Crippen molar-refractivity contribution in [3.05, 3.63) is 23.7 Å². The lowest BCUT2D eigenvalue weighted by Gasteiger charge is -2.31. The number of nitrogens with zero attached hydrogens (tertiary/aromatic N) is 1. The monoisotopic (exact) mass is 239 g/mol. The van der Waals surface area contributed by atoms with E-state index in [4.69, 9.17) is 11.5 Å². The first-order valence-corrected chi connectivity index (χ1v) is 6.17. The third kappa shape index (κ3) is 4.30. The normalized spacial score (nSPS) is 20.8. The van der Waals surface area contributed by atoms with Gasteiger partial charge in [-0.05, 0) is 25.0 Å². The van der Waals surface area contributed by atoms with Gasteiger partial charge in [-0.3, -0.25) is 0 Å². The molecule has 0 spiro atoms. The van der Waals surface area contributed by atoms with E-state index in [1.807, 2.05) is 12.2 Å². The number of hydrogen-bond acceptors (Lipinski definition) is 4. The second kappa shape index (κ2) is 5.45. The molecule has 0 aromatic rings. The minimum absolute atomic E-state index is 0.0329. The highest BCUT2D eigenvalue weighted by molar-refractivity contribution is 5.17. The van der Waals surface area contributed by atoms with E-state index in [2.05, 4.69) is 25.7 Å². The summed E-state index contributed by atoms with van der Waals surface area (Å²) in [6.45, 7) is 7.83. The Kier molecular flexibility index (Phi) is 4.46. The smallest absolute Gasteiger partial charge is 0.0987 e. The molecule has 0 aromatic carbocycles. The van der Waals surface area contributed by atoms with E-state index >= 15 is 0 Å². The number of piperidine rings is 1. The van der Waals surface area contributed by atoms with Crippen LogP contribution >= 0.6 is 0 Å². The average Bonchev–Trinajstić information content (AvgIpc) is 2.25. The summed E-state index contributed by atoms with van der Waals surface area (Å²) in [5.74, 6) is 0.726. The van der Waals surface area contributed by atoms with Crippen LogP contribution in [0.3, 0.4) is 0 Å². The molecule has 1 saturated heterocycles. The number of rotatable bonds is 2. The van der Waals surface area contributed by atoms with Gasteiger partial charge in [0.15, 0.2) is 0 Å². The van der Waals surface area contributed by atoms with Crippen LogP contribution in [0.15, 0.2) is 23.7 Å². The summed E-state index contributed by atoms with van der Waals surface area (Å²) in [7, 11) is 0. The molecule has 1 aliphatic rings. The zero-order valence-electron chi connectivity index (χ0n) is 11.1. The second-order valence-corrected chi connectivity index (χ2v) is 5.68. The maximum absolute atomic E-state index is 9.41. The molecule has 0 unspecified atom stereocenters. The maximum Gasteiger partial charge on any atom is 0.0987 e. The van der Waals surface area contributed by atoms with E-state index in [9.17, 15) is 5.11 Å². The van der Waals surface area contributed by atoms with Crippen LogP contribution < -0.4 is 11.5 Å². The van der Waals surface area contributed by atoms with Crippen molar-refractivity contribution in [1.29, 1.82) is 0 Å². The van der Waals surface area contributed by atoms with E-state index in [0.717, 1.165) is 37.4 Å². The summed E-state index contributed by atoms with van der Waals surface area (Å²) in [5, 5.41) is 9.41. The summed E-state index contributed by atoms with van der Waals surface area (Å²) in [6, 6.07) is 0. The Bertz CT molecular complexity index is 307. The molecule has 0 atom stereocenters. The van der Waals surface area contributed by atoms with Crippen LogP contribution in [0.25, 0.3) is 0 Å². The first-order chi connectivity index (χ1) is 7.80. The molecule has 5 N–H and O–H groups in total. The van der Waals surface area contributed by atoms with Crippen molar-refractivity contribution < 1.29 is 5.11 Å². The molecule has 0 saturated carbocycles. The minimum Gasteiger partial charge on any atom is -0.402 e. The van der Waals surface area contributed by atoms with Crippen molar-refractivity contribution in [1.82, 2.24) is 4.90 Å². The molecular weight excluding hydrogens is 214 g/mol. The Hall–Kier alpha value is -1.16. The van der Waals surface area contributed by atoms with Gasteiger partial charge in [0.2, 0.25) is 0 Å². The van der Waals surface area contributed by atoms with Gasteiger partial charge in [0.1, 0.15) is 0 Å². The number of aliphatic hydroxyl groups is 1. The highest BCUT2D eigenvalue weighted by atomic mass is 16.3. The SMILES string of the molecule is CC(C)(C)/C(N)=C/C=C(\N)N1CCC(O)CC1. The van der Waals surface area contributed by atoms with Crippen LogP contribution in [0.1, 0.15) is 33.6 Å². The molecule has 1 heterocycles. The van der Waals surface area contributed by atoms with Crippen LogP contribution in [-0.4, -0.2) is 29.2 Å². The largest absolute Gasteiger partial charge is 0.402 e. The first-order valence-electron chi connectivity index (χ1n) is 6.17. The van der Waals surface area contributed by atoms with Gasteiger partial charge >= 0.3 is 0 Å². The molecule has 0 radical (unpaired) electrons. The number of allylic oxidation sites excluding steroid dienone is 3. The van der Waals surface area contributed by atoms with Crippen molar-refractivity contribution in [2.75, 3.05) is 13.1 Å². The van der Waals surface area contributed by atoms with Gasteiger partial charge in [-0.2, -0.15) is 0 Å². The predicted molar refractivity (Wildman–Crippen MR) is 70.8 cm³/mol. The van der Waals surface area contributed by atoms with Gasteiger partial charge in [-0.1, -0.05) is 20.8 Å². The van der Waals surface area contributed by atoms with E-state index in [1.165, 1.54) is 0 Å². The quantitative estimate of drug-likeness (QED) is 0.631. The number of nitrogens with two attached hydrogens (primary N) is 2. The third-order valence-corrected chi connectivity index (χ3v) is 3.13. The van der Waals surface area contributed by atoms with Gasteiger partial charge in [0, 0.05) is 24.2 Å². The number of likely N-dealkylation sites (tertiary alicyclic amines) is 1. The molecule has 0 bridgehead atoms. The highest BCUT2D eigenvalue weighted by Gasteiger charge is 2.17. The van der Waals surface area contributed by atoms with Gasteiger partial charge in [-0.25, -0.2) is 0 Å². The molecule has 4 nitrogen and oxygen atoms in total. The van der Waals surface area contributed by atoms with Crippen LogP contribution in [0.5, 0.6) is 0 Å². The summed E-state index contributed by atoms with van der Waals surface area (Å²) in [5.41, 5.74) is 12.7. The Morgan fingerprint density at radius 2 is 1.71 bits per heavy atom. The fourth-order valence-corrected chi connectivity index (χ4v) is 1.65. The Balaban J connectivity index is 2.61. The van der Waals surface area contributed by atoms with Gasteiger partial charge < -0.3 is 21.5 Å². The Morgan fingerprint density at radius 3 is 2.18 bits per heavy atom. The van der Waals surface area contributed by atoms with E-state index in [-0.39, 0.29) is 11.5 Å². The van der Waals surface area contributed by atoms with Crippen LogP contribution in [-0.2, 0) is 0 Å². The predicted octanol–water partition coefficient (Wildman–Crippen LogP) is 1.13.